The Hall–Kier alpha value is -0.790. The molecule has 2 atom stereocenters. The molecule has 0 bridgehead atoms. The summed E-state index contributed by atoms with van der Waals surface area (Å²) in [5, 5.41) is 0. The van der Waals surface area contributed by atoms with Crippen LogP contribution in [0, 0.1) is 5.92 Å². The predicted octanol–water partition coefficient (Wildman–Crippen LogP) is 3.22. The van der Waals surface area contributed by atoms with Gasteiger partial charge in [-0.1, -0.05) is 13.8 Å². The highest BCUT2D eigenvalue weighted by Gasteiger charge is 2.34. The van der Waals surface area contributed by atoms with Crippen LogP contribution in [0.1, 0.15) is 52.4 Å². The van der Waals surface area contributed by atoms with Crippen molar-refractivity contribution < 1.29 is 9.53 Å². The Morgan fingerprint density at radius 2 is 2.07 bits per heavy atom. The summed E-state index contributed by atoms with van der Waals surface area (Å²) in [6, 6.07) is 0. The number of ketones is 1. The minimum Gasteiger partial charge on any atom is -0.494 e. The van der Waals surface area contributed by atoms with E-state index in [4.69, 9.17) is 4.74 Å². The van der Waals surface area contributed by atoms with Gasteiger partial charge in [0.2, 0.25) is 0 Å². The highest BCUT2D eigenvalue weighted by atomic mass is 16.5. The van der Waals surface area contributed by atoms with E-state index in [2.05, 4.69) is 13.8 Å². The van der Waals surface area contributed by atoms with Crippen LogP contribution in [0.2, 0.25) is 0 Å². The maximum atomic E-state index is 11.9. The van der Waals surface area contributed by atoms with Gasteiger partial charge < -0.3 is 4.74 Å². The van der Waals surface area contributed by atoms with E-state index in [1.54, 1.807) is 0 Å². The molecular formula is C13H20O2. The lowest BCUT2D eigenvalue weighted by atomic mass is 9.80. The highest BCUT2D eigenvalue weighted by molar-refractivity contribution is 5.97. The summed E-state index contributed by atoms with van der Waals surface area (Å²) in [7, 11) is 0. The van der Waals surface area contributed by atoms with Crippen molar-refractivity contribution in [1.29, 1.82) is 0 Å². The number of ether oxygens (including phenoxy) is 1. The summed E-state index contributed by atoms with van der Waals surface area (Å²) in [5.41, 5.74) is 1.04. The SMILES string of the molecule is CC[C@H]1C[C@H](CC)C2=C(CCCC2=O)O1. The van der Waals surface area contributed by atoms with E-state index in [0.717, 1.165) is 49.9 Å². The average Bonchev–Trinajstić information content (AvgIpc) is 2.27. The first-order chi connectivity index (χ1) is 7.26. The maximum absolute atomic E-state index is 11.9. The third kappa shape index (κ3) is 1.95. The Morgan fingerprint density at radius 3 is 2.73 bits per heavy atom. The second-order valence-electron chi connectivity index (χ2n) is 4.60. The van der Waals surface area contributed by atoms with Crippen LogP contribution in [-0.4, -0.2) is 11.9 Å². The lowest BCUT2D eigenvalue weighted by molar-refractivity contribution is -0.118. The molecule has 84 valence electrons. The van der Waals surface area contributed by atoms with Crippen molar-refractivity contribution in [1.82, 2.24) is 0 Å². The lowest BCUT2D eigenvalue weighted by Crippen LogP contribution is -2.30. The van der Waals surface area contributed by atoms with Crippen LogP contribution in [-0.2, 0) is 9.53 Å². The molecule has 1 aliphatic carbocycles. The van der Waals surface area contributed by atoms with Crippen LogP contribution >= 0.6 is 0 Å². The number of hydrogen-bond donors (Lipinski definition) is 0. The molecule has 2 nitrogen and oxygen atoms in total. The number of hydrogen-bond acceptors (Lipinski definition) is 2. The smallest absolute Gasteiger partial charge is 0.162 e. The van der Waals surface area contributed by atoms with E-state index in [1.807, 2.05) is 0 Å². The zero-order chi connectivity index (χ0) is 10.8. The van der Waals surface area contributed by atoms with E-state index in [1.165, 1.54) is 0 Å². The van der Waals surface area contributed by atoms with Gasteiger partial charge in [-0.2, -0.15) is 0 Å². The van der Waals surface area contributed by atoms with Crippen LogP contribution in [0.15, 0.2) is 11.3 Å². The van der Waals surface area contributed by atoms with Crippen molar-refractivity contribution in [3.05, 3.63) is 11.3 Å². The number of allylic oxidation sites excluding steroid dienone is 2. The molecule has 2 aliphatic rings. The van der Waals surface area contributed by atoms with Crippen molar-refractivity contribution >= 4 is 5.78 Å². The predicted molar refractivity (Wildman–Crippen MR) is 59.4 cm³/mol. The zero-order valence-electron chi connectivity index (χ0n) is 9.71. The molecule has 0 fully saturated rings. The van der Waals surface area contributed by atoms with Crippen molar-refractivity contribution in [2.75, 3.05) is 0 Å². The normalized spacial score (nSPS) is 31.2. The maximum Gasteiger partial charge on any atom is 0.162 e. The first kappa shape index (κ1) is 10.7. The highest BCUT2D eigenvalue weighted by Crippen LogP contribution is 2.38. The largest absolute Gasteiger partial charge is 0.494 e. The summed E-state index contributed by atoms with van der Waals surface area (Å²) in [5.74, 6) is 1.83. The van der Waals surface area contributed by atoms with Crippen molar-refractivity contribution in [2.45, 2.75) is 58.5 Å². The summed E-state index contributed by atoms with van der Waals surface area (Å²) >= 11 is 0. The lowest BCUT2D eigenvalue weighted by Gasteiger charge is -2.35. The number of carbonyl (C=O) groups excluding carboxylic acids is 1. The monoisotopic (exact) mass is 208 g/mol. The van der Waals surface area contributed by atoms with Gasteiger partial charge in [-0.25, -0.2) is 0 Å². The Bertz CT molecular complexity index is 291. The van der Waals surface area contributed by atoms with Gasteiger partial charge in [-0.05, 0) is 31.6 Å². The first-order valence-corrected chi connectivity index (χ1v) is 6.19. The molecule has 15 heavy (non-hydrogen) atoms. The Morgan fingerprint density at radius 1 is 1.27 bits per heavy atom. The molecule has 1 heterocycles. The van der Waals surface area contributed by atoms with E-state index >= 15 is 0 Å². The second kappa shape index (κ2) is 4.38. The summed E-state index contributed by atoms with van der Waals surface area (Å²) < 4.78 is 5.90. The van der Waals surface area contributed by atoms with Crippen LogP contribution in [0.4, 0.5) is 0 Å². The van der Waals surface area contributed by atoms with E-state index in [0.29, 0.717) is 17.8 Å². The van der Waals surface area contributed by atoms with Crippen molar-refractivity contribution in [2.24, 2.45) is 5.92 Å². The van der Waals surface area contributed by atoms with E-state index in [-0.39, 0.29) is 0 Å². The average molecular weight is 208 g/mol. The van der Waals surface area contributed by atoms with Crippen molar-refractivity contribution in [3.8, 4) is 0 Å². The molecule has 0 aromatic carbocycles. The van der Waals surface area contributed by atoms with Crippen LogP contribution in [0.5, 0.6) is 0 Å². The second-order valence-corrected chi connectivity index (χ2v) is 4.60. The van der Waals surface area contributed by atoms with Crippen LogP contribution < -0.4 is 0 Å². The van der Waals surface area contributed by atoms with Gasteiger partial charge in [0.1, 0.15) is 5.76 Å². The minimum atomic E-state index is 0.345. The molecular weight excluding hydrogens is 188 g/mol. The molecule has 0 N–H and O–H groups in total. The summed E-state index contributed by atoms with van der Waals surface area (Å²) in [4.78, 5) is 11.9. The molecule has 2 heteroatoms. The van der Waals surface area contributed by atoms with Gasteiger partial charge in [0.05, 0.1) is 6.10 Å². The Labute approximate surface area is 91.7 Å². The molecule has 0 spiro atoms. The third-order valence-electron chi connectivity index (χ3n) is 3.62. The number of rotatable bonds is 2. The van der Waals surface area contributed by atoms with Gasteiger partial charge in [-0.3, -0.25) is 4.79 Å². The molecule has 0 amide bonds. The molecule has 2 rings (SSSR count). The number of Topliss-reactive ketones (excluding diaryl/α,β-unsaturated/α-hetero) is 1. The molecule has 0 radical (unpaired) electrons. The van der Waals surface area contributed by atoms with E-state index in [9.17, 15) is 4.79 Å². The zero-order valence-corrected chi connectivity index (χ0v) is 9.71. The summed E-state index contributed by atoms with van der Waals surface area (Å²) in [6.45, 7) is 4.34. The quantitative estimate of drug-likeness (QED) is 0.696. The van der Waals surface area contributed by atoms with Crippen LogP contribution in [0.3, 0.4) is 0 Å². The standard InChI is InChI=1S/C13H20O2/c1-3-9-8-10(4-2)15-12-7-5-6-11(14)13(9)12/h9-10H,3-8H2,1-2H3/t9-,10-/m0/s1. The molecule has 1 aliphatic heterocycles. The topological polar surface area (TPSA) is 26.3 Å². The van der Waals surface area contributed by atoms with Gasteiger partial charge in [0.15, 0.2) is 5.78 Å². The molecule has 0 aromatic heterocycles. The fourth-order valence-corrected chi connectivity index (χ4v) is 2.72. The van der Waals surface area contributed by atoms with E-state index < -0.39 is 0 Å². The molecule has 0 saturated carbocycles. The molecule has 0 aromatic rings. The van der Waals surface area contributed by atoms with Gasteiger partial charge in [0.25, 0.3) is 0 Å². The fourth-order valence-electron chi connectivity index (χ4n) is 2.72. The van der Waals surface area contributed by atoms with Gasteiger partial charge in [-0.15, -0.1) is 0 Å². The third-order valence-corrected chi connectivity index (χ3v) is 3.62. The van der Waals surface area contributed by atoms with Gasteiger partial charge in [0, 0.05) is 18.4 Å². The van der Waals surface area contributed by atoms with Crippen LogP contribution in [0.25, 0.3) is 0 Å². The molecule has 0 unspecified atom stereocenters. The minimum absolute atomic E-state index is 0.345. The first-order valence-electron chi connectivity index (χ1n) is 6.19. The molecule has 0 saturated heterocycles. The van der Waals surface area contributed by atoms with Crippen molar-refractivity contribution in [3.63, 3.8) is 0 Å². The number of carbonyl (C=O) groups is 1. The Balaban J connectivity index is 2.27. The summed E-state index contributed by atoms with van der Waals surface area (Å²) in [6.07, 6.45) is 6.21. The van der Waals surface area contributed by atoms with Gasteiger partial charge >= 0.3 is 0 Å². The fraction of sp³-hybridized carbons (Fsp3) is 0.769. The Kier molecular flexibility index (Phi) is 3.13.